The smallest absolute Gasteiger partial charge is 0.200 e. The fourth-order valence-electron chi connectivity index (χ4n) is 2.31. The summed E-state index contributed by atoms with van der Waals surface area (Å²) >= 11 is 0. The summed E-state index contributed by atoms with van der Waals surface area (Å²) in [6.07, 6.45) is 2.44. The van der Waals surface area contributed by atoms with E-state index in [4.69, 9.17) is 4.42 Å². The number of nitrogens with one attached hydrogen (secondary N) is 2. The molecule has 0 radical (unpaired) electrons. The number of hydrogen-bond donors (Lipinski definition) is 2. The Hall–Kier alpha value is -0.870. The molecule has 0 amide bonds. The molecule has 0 spiro atoms. The van der Waals surface area contributed by atoms with E-state index >= 15 is 0 Å². The van der Waals surface area contributed by atoms with Crippen molar-refractivity contribution in [2.75, 3.05) is 19.6 Å². The summed E-state index contributed by atoms with van der Waals surface area (Å²) < 4.78 is 5.74. The second-order valence-corrected chi connectivity index (χ2v) is 4.50. The Morgan fingerprint density at radius 3 is 2.87 bits per heavy atom. The summed E-state index contributed by atoms with van der Waals surface area (Å²) in [5.74, 6) is 2.42. The van der Waals surface area contributed by atoms with E-state index in [0.717, 1.165) is 37.0 Å². The molecule has 1 atom stereocenters. The van der Waals surface area contributed by atoms with Crippen molar-refractivity contribution >= 4 is 0 Å². The third-order valence-electron chi connectivity index (χ3n) is 3.37. The number of aryl methyl sites for hydroxylation is 1. The molecular weight excluding hydrogens is 190 g/mol. The molecule has 2 N–H and O–H groups in total. The first-order valence-corrected chi connectivity index (χ1v) is 5.76. The van der Waals surface area contributed by atoms with Crippen LogP contribution in [-0.4, -0.2) is 24.6 Å². The van der Waals surface area contributed by atoms with Gasteiger partial charge < -0.3 is 15.1 Å². The molecule has 3 heterocycles. The molecule has 1 aromatic heterocycles. The Morgan fingerprint density at radius 1 is 1.40 bits per heavy atom. The van der Waals surface area contributed by atoms with Gasteiger partial charge in [-0.05, 0) is 26.3 Å². The van der Waals surface area contributed by atoms with Gasteiger partial charge in [0, 0.05) is 13.1 Å². The van der Waals surface area contributed by atoms with Gasteiger partial charge in [-0.3, -0.25) is 0 Å². The van der Waals surface area contributed by atoms with E-state index in [9.17, 15) is 0 Å². The maximum absolute atomic E-state index is 5.74. The lowest BCUT2D eigenvalue weighted by molar-refractivity contribution is 0.350. The molecule has 15 heavy (non-hydrogen) atoms. The van der Waals surface area contributed by atoms with Gasteiger partial charge in [0.25, 0.3) is 0 Å². The van der Waals surface area contributed by atoms with Crippen molar-refractivity contribution < 1.29 is 4.42 Å². The van der Waals surface area contributed by atoms with Gasteiger partial charge in [0.1, 0.15) is 5.76 Å². The monoisotopic (exact) mass is 207 g/mol. The highest BCUT2D eigenvalue weighted by Crippen LogP contribution is 2.28. The summed E-state index contributed by atoms with van der Waals surface area (Å²) in [5, 5.41) is 6.71. The number of nitrogens with zero attached hydrogens (tertiary/aromatic N) is 1. The van der Waals surface area contributed by atoms with Crippen LogP contribution in [0.1, 0.15) is 42.1 Å². The predicted molar refractivity (Wildman–Crippen MR) is 56.8 cm³/mol. The Labute approximate surface area is 89.5 Å². The maximum atomic E-state index is 5.74. The van der Waals surface area contributed by atoms with Gasteiger partial charge in [0.2, 0.25) is 0 Å². The zero-order valence-electron chi connectivity index (χ0n) is 9.05. The van der Waals surface area contributed by atoms with E-state index in [2.05, 4.69) is 15.6 Å². The van der Waals surface area contributed by atoms with Crippen LogP contribution in [0.5, 0.6) is 0 Å². The topological polar surface area (TPSA) is 50.1 Å². The molecule has 4 nitrogen and oxygen atoms in total. The normalized spacial score (nSPS) is 26.9. The van der Waals surface area contributed by atoms with Crippen molar-refractivity contribution in [1.82, 2.24) is 15.6 Å². The van der Waals surface area contributed by atoms with Crippen LogP contribution in [0, 0.1) is 6.92 Å². The van der Waals surface area contributed by atoms with Crippen LogP contribution in [0.25, 0.3) is 0 Å². The molecule has 1 aromatic rings. The van der Waals surface area contributed by atoms with Crippen molar-refractivity contribution in [2.24, 2.45) is 0 Å². The lowest BCUT2D eigenvalue weighted by atomic mass is 10.0. The number of aromatic nitrogens is 1. The maximum Gasteiger partial charge on any atom is 0.200 e. The minimum Gasteiger partial charge on any atom is -0.445 e. The van der Waals surface area contributed by atoms with Crippen molar-refractivity contribution in [2.45, 2.75) is 31.7 Å². The minimum absolute atomic E-state index is 0.426. The molecule has 0 aromatic carbocycles. The second kappa shape index (κ2) is 3.61. The van der Waals surface area contributed by atoms with E-state index in [-0.39, 0.29) is 0 Å². The predicted octanol–water partition coefficient (Wildman–Crippen LogP) is 1.09. The third-order valence-corrected chi connectivity index (χ3v) is 3.37. The quantitative estimate of drug-likeness (QED) is 0.762. The summed E-state index contributed by atoms with van der Waals surface area (Å²) in [7, 11) is 0. The number of hydrogen-bond acceptors (Lipinski definition) is 4. The van der Waals surface area contributed by atoms with Crippen LogP contribution in [0.3, 0.4) is 0 Å². The van der Waals surface area contributed by atoms with Gasteiger partial charge in [-0.15, -0.1) is 0 Å². The molecule has 2 fully saturated rings. The summed E-state index contributed by atoms with van der Waals surface area (Å²) in [6.45, 7) is 5.16. The van der Waals surface area contributed by atoms with Crippen molar-refractivity contribution in [3.8, 4) is 0 Å². The van der Waals surface area contributed by atoms with E-state index in [1.54, 1.807) is 0 Å². The molecule has 4 heteroatoms. The Bertz CT molecular complexity index is 351. The van der Waals surface area contributed by atoms with Crippen molar-refractivity contribution in [1.29, 1.82) is 0 Å². The Balaban J connectivity index is 1.84. The fraction of sp³-hybridized carbons (Fsp3) is 0.727. The van der Waals surface area contributed by atoms with Gasteiger partial charge in [-0.1, -0.05) is 0 Å². The van der Waals surface area contributed by atoms with E-state index in [0.29, 0.717) is 12.0 Å². The zero-order valence-corrected chi connectivity index (χ0v) is 9.05. The van der Waals surface area contributed by atoms with Gasteiger partial charge in [0.15, 0.2) is 5.89 Å². The highest BCUT2D eigenvalue weighted by Gasteiger charge is 2.28. The van der Waals surface area contributed by atoms with Crippen molar-refractivity contribution in [3.05, 3.63) is 17.3 Å². The fourth-order valence-corrected chi connectivity index (χ4v) is 2.31. The SMILES string of the molecule is Cc1oc(C2CNC2)nc1C1CCCN1. The van der Waals surface area contributed by atoms with Crippen LogP contribution < -0.4 is 10.6 Å². The number of rotatable bonds is 2. The van der Waals surface area contributed by atoms with Crippen molar-refractivity contribution in [3.63, 3.8) is 0 Å². The zero-order chi connectivity index (χ0) is 10.3. The number of oxazole rings is 1. The minimum atomic E-state index is 0.426. The lowest BCUT2D eigenvalue weighted by Crippen LogP contribution is -2.40. The highest BCUT2D eigenvalue weighted by atomic mass is 16.4. The molecule has 2 saturated heterocycles. The summed E-state index contributed by atoms with van der Waals surface area (Å²) in [5.41, 5.74) is 1.13. The first-order valence-electron chi connectivity index (χ1n) is 5.76. The molecule has 2 aliphatic heterocycles. The van der Waals surface area contributed by atoms with E-state index < -0.39 is 0 Å². The van der Waals surface area contributed by atoms with Crippen LogP contribution >= 0.6 is 0 Å². The van der Waals surface area contributed by atoms with Gasteiger partial charge >= 0.3 is 0 Å². The molecular formula is C11H17N3O. The third kappa shape index (κ3) is 1.58. The average molecular weight is 207 g/mol. The molecule has 0 bridgehead atoms. The Morgan fingerprint density at radius 2 is 2.27 bits per heavy atom. The van der Waals surface area contributed by atoms with Gasteiger partial charge in [0.05, 0.1) is 17.7 Å². The molecule has 0 saturated carbocycles. The molecule has 82 valence electrons. The first-order chi connectivity index (χ1) is 7.34. The Kier molecular flexibility index (Phi) is 2.25. The average Bonchev–Trinajstić information content (AvgIpc) is 2.70. The molecule has 1 unspecified atom stereocenters. The molecule has 0 aliphatic carbocycles. The highest BCUT2D eigenvalue weighted by molar-refractivity contribution is 5.17. The van der Waals surface area contributed by atoms with Gasteiger partial charge in [-0.25, -0.2) is 4.98 Å². The van der Waals surface area contributed by atoms with Crippen LogP contribution in [-0.2, 0) is 0 Å². The first kappa shape index (κ1) is 9.36. The van der Waals surface area contributed by atoms with E-state index in [1.807, 2.05) is 6.92 Å². The second-order valence-electron chi connectivity index (χ2n) is 4.50. The van der Waals surface area contributed by atoms with Gasteiger partial charge in [-0.2, -0.15) is 0 Å². The lowest BCUT2D eigenvalue weighted by Gasteiger charge is -2.23. The van der Waals surface area contributed by atoms with Crippen LogP contribution in [0.15, 0.2) is 4.42 Å². The largest absolute Gasteiger partial charge is 0.445 e. The van der Waals surface area contributed by atoms with E-state index in [1.165, 1.54) is 12.8 Å². The molecule has 2 aliphatic rings. The summed E-state index contributed by atoms with van der Waals surface area (Å²) in [4.78, 5) is 4.64. The van der Waals surface area contributed by atoms with Crippen LogP contribution in [0.4, 0.5) is 0 Å². The summed E-state index contributed by atoms with van der Waals surface area (Å²) in [6, 6.07) is 0.426. The van der Waals surface area contributed by atoms with Crippen LogP contribution in [0.2, 0.25) is 0 Å². The standard InChI is InChI=1S/C11H17N3O/c1-7-10(9-3-2-4-13-9)14-11(15-7)8-5-12-6-8/h8-9,12-13H,2-6H2,1H3. The molecule has 3 rings (SSSR count).